The summed E-state index contributed by atoms with van der Waals surface area (Å²) in [4.78, 5) is 0. The summed E-state index contributed by atoms with van der Waals surface area (Å²) in [5, 5.41) is 0. The zero-order chi connectivity index (χ0) is 21.2. The molecule has 0 aliphatic rings. The van der Waals surface area contributed by atoms with Gasteiger partial charge in [-0.2, -0.15) is 0 Å². The molecule has 4 heteroatoms. The Bertz CT molecular complexity index is 542. The third-order valence-electron chi connectivity index (χ3n) is 5.67. The van der Waals surface area contributed by atoms with Gasteiger partial charge in [-0.15, -0.1) is 0 Å². The highest BCUT2D eigenvalue weighted by Crippen LogP contribution is 2.43. The van der Waals surface area contributed by atoms with Crippen LogP contribution >= 0.6 is 0 Å². The first-order chi connectivity index (χ1) is 13.3. The minimum Gasteiger partial charge on any atom is -0.497 e. The van der Waals surface area contributed by atoms with Gasteiger partial charge in [0.05, 0.1) is 26.4 Å². The molecule has 1 rings (SSSR count). The second kappa shape index (κ2) is 12.5. The summed E-state index contributed by atoms with van der Waals surface area (Å²) in [5.74, 6) is 0.876. The molecule has 0 aliphatic heterocycles. The molecule has 0 aromatic heterocycles. The summed E-state index contributed by atoms with van der Waals surface area (Å²) in [5.41, 5.74) is 3.01. The zero-order valence-electron chi connectivity index (χ0n) is 19.3. The van der Waals surface area contributed by atoms with Crippen molar-refractivity contribution in [3.63, 3.8) is 0 Å². The van der Waals surface area contributed by atoms with Gasteiger partial charge in [-0.3, -0.25) is 0 Å². The Kier molecular flexibility index (Phi) is 11.1. The molecule has 1 aromatic rings. The number of benzene rings is 1. The van der Waals surface area contributed by atoms with Crippen molar-refractivity contribution in [3.8, 4) is 5.75 Å². The fourth-order valence-corrected chi connectivity index (χ4v) is 9.83. The van der Waals surface area contributed by atoms with E-state index < -0.39 is 8.32 Å². The first-order valence-corrected chi connectivity index (χ1v) is 13.0. The highest BCUT2D eigenvalue weighted by molar-refractivity contribution is 6.77. The minimum atomic E-state index is -1.83. The lowest BCUT2D eigenvalue weighted by atomic mass is 10.2. The van der Waals surface area contributed by atoms with Crippen LogP contribution in [0.3, 0.4) is 0 Å². The maximum Gasteiger partial charge on any atom is 0.201 e. The van der Waals surface area contributed by atoms with Crippen LogP contribution in [0.1, 0.15) is 66.9 Å². The van der Waals surface area contributed by atoms with Crippen LogP contribution in [-0.4, -0.2) is 28.1 Å². The van der Waals surface area contributed by atoms with Gasteiger partial charge >= 0.3 is 0 Å². The molecule has 1 atom stereocenters. The van der Waals surface area contributed by atoms with Crippen LogP contribution in [0.4, 0.5) is 0 Å². The van der Waals surface area contributed by atoms with Crippen LogP contribution in [0.15, 0.2) is 36.4 Å². The molecule has 3 nitrogen and oxygen atoms in total. The van der Waals surface area contributed by atoms with Gasteiger partial charge in [0, 0.05) is 0 Å². The molecular formula is C24H42O3Si. The van der Waals surface area contributed by atoms with Crippen LogP contribution in [0.25, 0.3) is 0 Å². The quantitative estimate of drug-likeness (QED) is 0.198. The van der Waals surface area contributed by atoms with Gasteiger partial charge in [-0.05, 0) is 47.2 Å². The van der Waals surface area contributed by atoms with Crippen molar-refractivity contribution in [1.82, 2.24) is 0 Å². The van der Waals surface area contributed by atoms with Crippen molar-refractivity contribution >= 4 is 8.32 Å². The number of ether oxygens (including phenoxy) is 2. The van der Waals surface area contributed by atoms with Crippen LogP contribution in [0, 0.1) is 0 Å². The van der Waals surface area contributed by atoms with Gasteiger partial charge in [-0.1, -0.05) is 72.8 Å². The van der Waals surface area contributed by atoms with E-state index in [9.17, 15) is 0 Å². The van der Waals surface area contributed by atoms with E-state index in [0.29, 0.717) is 23.2 Å². The lowest BCUT2D eigenvalue weighted by molar-refractivity contribution is 0.125. The molecule has 0 bridgehead atoms. The van der Waals surface area contributed by atoms with Crippen LogP contribution < -0.4 is 4.74 Å². The van der Waals surface area contributed by atoms with E-state index >= 15 is 0 Å². The average Bonchev–Trinajstić information content (AvgIpc) is 2.66. The minimum absolute atomic E-state index is 0.209. The topological polar surface area (TPSA) is 27.7 Å². The maximum atomic E-state index is 6.87. The Morgan fingerprint density at radius 3 is 1.96 bits per heavy atom. The molecule has 1 aromatic carbocycles. The lowest BCUT2D eigenvalue weighted by Crippen LogP contribution is -2.49. The van der Waals surface area contributed by atoms with E-state index in [2.05, 4.69) is 60.6 Å². The largest absolute Gasteiger partial charge is 0.497 e. The standard InChI is InChI=1S/C24H42O3Si/c1-9-23(27-28(19(2)3,20(4)5)21(6)7)12-10-11-17-26-18-22-13-15-24(25-8)16-14-22/h10,12-16,19-21,23H,9,11,17-18H2,1-8H3/b12-10-/t23-/m0/s1. The van der Waals surface area contributed by atoms with E-state index in [4.69, 9.17) is 13.9 Å². The Morgan fingerprint density at radius 2 is 1.50 bits per heavy atom. The van der Waals surface area contributed by atoms with Crippen molar-refractivity contribution in [2.75, 3.05) is 13.7 Å². The molecule has 0 saturated carbocycles. The molecular weight excluding hydrogens is 364 g/mol. The summed E-state index contributed by atoms with van der Waals surface area (Å²) >= 11 is 0. The van der Waals surface area contributed by atoms with Crippen molar-refractivity contribution in [3.05, 3.63) is 42.0 Å². The second-order valence-corrected chi connectivity index (χ2v) is 13.9. The van der Waals surface area contributed by atoms with Crippen LogP contribution in [-0.2, 0) is 15.8 Å². The van der Waals surface area contributed by atoms with Crippen LogP contribution in [0.5, 0.6) is 5.75 Å². The van der Waals surface area contributed by atoms with Gasteiger partial charge in [0.2, 0.25) is 8.32 Å². The van der Waals surface area contributed by atoms with E-state index in [1.165, 1.54) is 5.56 Å². The predicted octanol–water partition coefficient (Wildman–Crippen LogP) is 7.13. The molecule has 0 heterocycles. The molecule has 0 radical (unpaired) electrons. The lowest BCUT2D eigenvalue weighted by Gasteiger charge is -2.44. The summed E-state index contributed by atoms with van der Waals surface area (Å²) in [7, 11) is -0.150. The van der Waals surface area contributed by atoms with Crippen molar-refractivity contribution in [1.29, 1.82) is 0 Å². The summed E-state index contributed by atoms with van der Waals surface area (Å²) in [6, 6.07) is 8.03. The average molecular weight is 407 g/mol. The van der Waals surface area contributed by atoms with Crippen molar-refractivity contribution in [2.45, 2.75) is 90.6 Å². The monoisotopic (exact) mass is 406 g/mol. The molecule has 0 fully saturated rings. The van der Waals surface area contributed by atoms with Gasteiger partial charge in [-0.25, -0.2) is 0 Å². The summed E-state index contributed by atoms with van der Waals surface area (Å²) in [6.45, 7) is 17.6. The van der Waals surface area contributed by atoms with Gasteiger partial charge in [0.1, 0.15) is 5.75 Å². The number of methoxy groups -OCH3 is 1. The molecule has 28 heavy (non-hydrogen) atoms. The highest BCUT2D eigenvalue weighted by atomic mass is 28.4. The first-order valence-electron chi connectivity index (χ1n) is 10.8. The number of rotatable bonds is 13. The molecule has 0 amide bonds. The number of hydrogen-bond donors (Lipinski definition) is 0. The molecule has 0 N–H and O–H groups in total. The molecule has 0 spiro atoms. The Balaban J connectivity index is 2.51. The van der Waals surface area contributed by atoms with Crippen molar-refractivity contribution in [2.24, 2.45) is 0 Å². The van der Waals surface area contributed by atoms with Gasteiger partial charge in [0.25, 0.3) is 0 Å². The third-order valence-corrected chi connectivity index (χ3v) is 11.8. The Hall–Kier alpha value is -1.10. The smallest absolute Gasteiger partial charge is 0.201 e. The van der Waals surface area contributed by atoms with Gasteiger partial charge < -0.3 is 13.9 Å². The van der Waals surface area contributed by atoms with E-state index in [-0.39, 0.29) is 6.10 Å². The third kappa shape index (κ3) is 7.05. The van der Waals surface area contributed by atoms with Gasteiger partial charge in [0.15, 0.2) is 0 Å². The highest BCUT2D eigenvalue weighted by Gasteiger charge is 2.46. The predicted molar refractivity (Wildman–Crippen MR) is 123 cm³/mol. The van der Waals surface area contributed by atoms with Crippen molar-refractivity contribution < 1.29 is 13.9 Å². The molecule has 0 saturated heterocycles. The molecule has 0 aliphatic carbocycles. The normalized spacial score (nSPS) is 13.8. The molecule has 160 valence electrons. The first kappa shape index (κ1) is 24.9. The Morgan fingerprint density at radius 1 is 0.929 bits per heavy atom. The second-order valence-electron chi connectivity index (χ2n) is 8.50. The van der Waals surface area contributed by atoms with E-state index in [1.54, 1.807) is 7.11 Å². The number of hydrogen-bond acceptors (Lipinski definition) is 3. The summed E-state index contributed by atoms with van der Waals surface area (Å²) in [6.07, 6.45) is 6.62. The fourth-order valence-electron chi connectivity index (χ4n) is 4.24. The van der Waals surface area contributed by atoms with Crippen LogP contribution in [0.2, 0.25) is 16.6 Å². The maximum absolute atomic E-state index is 6.87. The van der Waals surface area contributed by atoms with E-state index in [0.717, 1.165) is 25.2 Å². The summed E-state index contributed by atoms with van der Waals surface area (Å²) < 4.78 is 17.8. The Labute approximate surface area is 174 Å². The molecule has 0 unspecified atom stereocenters. The fraction of sp³-hybridized carbons (Fsp3) is 0.667. The zero-order valence-corrected chi connectivity index (χ0v) is 20.3. The van der Waals surface area contributed by atoms with E-state index in [1.807, 2.05) is 24.3 Å². The SMILES string of the molecule is CC[C@@H](/C=C\CCOCc1ccc(OC)cc1)O[Si](C(C)C)(C(C)C)C(C)C.